The van der Waals surface area contributed by atoms with Crippen molar-refractivity contribution in [3.8, 4) is 0 Å². The number of pyridine rings is 1. The predicted octanol–water partition coefficient (Wildman–Crippen LogP) is 2.70. The second-order valence-electron chi connectivity index (χ2n) is 4.14. The zero-order valence-corrected chi connectivity index (χ0v) is 11.8. The number of para-hydroxylation sites is 1. The Balaban J connectivity index is 2.61. The third kappa shape index (κ3) is 2.79. The summed E-state index contributed by atoms with van der Waals surface area (Å²) < 4.78 is 15.5. The van der Waals surface area contributed by atoms with Gasteiger partial charge in [-0.3, -0.25) is 0 Å². The maximum atomic E-state index is 12.1. The summed E-state index contributed by atoms with van der Waals surface area (Å²) in [5.41, 5.74) is 1.56. The number of carbonyl (C=O) groups is 1. The van der Waals surface area contributed by atoms with Gasteiger partial charge in [0.25, 0.3) is 0 Å². The van der Waals surface area contributed by atoms with E-state index >= 15 is 0 Å². The monoisotopic (exact) mass is 275 g/mol. The molecule has 0 unspecified atom stereocenters. The zero-order valence-electron chi connectivity index (χ0n) is 11.8. The molecule has 0 N–H and O–H groups in total. The SMILES string of the molecule is CCOC(=O)c1cc2ccccc2nc1C(OC)OC. The molecule has 0 atom stereocenters. The number of methoxy groups -OCH3 is 2. The lowest BCUT2D eigenvalue weighted by atomic mass is 10.1. The van der Waals surface area contributed by atoms with Crippen LogP contribution in [0.5, 0.6) is 0 Å². The van der Waals surface area contributed by atoms with Crippen LogP contribution >= 0.6 is 0 Å². The van der Waals surface area contributed by atoms with Crippen LogP contribution in [0.1, 0.15) is 29.3 Å². The second-order valence-corrected chi connectivity index (χ2v) is 4.14. The van der Waals surface area contributed by atoms with Crippen LogP contribution in [0.4, 0.5) is 0 Å². The van der Waals surface area contributed by atoms with Gasteiger partial charge >= 0.3 is 5.97 Å². The van der Waals surface area contributed by atoms with Crippen molar-refractivity contribution in [2.75, 3.05) is 20.8 Å². The van der Waals surface area contributed by atoms with E-state index in [1.165, 1.54) is 14.2 Å². The van der Waals surface area contributed by atoms with Gasteiger partial charge in [0.2, 0.25) is 6.29 Å². The van der Waals surface area contributed by atoms with Gasteiger partial charge in [-0.15, -0.1) is 0 Å². The maximum absolute atomic E-state index is 12.1. The fraction of sp³-hybridized carbons (Fsp3) is 0.333. The highest BCUT2D eigenvalue weighted by molar-refractivity contribution is 5.95. The number of carbonyl (C=O) groups excluding carboxylic acids is 1. The van der Waals surface area contributed by atoms with E-state index in [4.69, 9.17) is 14.2 Å². The number of hydrogen-bond donors (Lipinski definition) is 0. The molecule has 0 saturated heterocycles. The Morgan fingerprint density at radius 3 is 2.60 bits per heavy atom. The van der Waals surface area contributed by atoms with Gasteiger partial charge < -0.3 is 14.2 Å². The van der Waals surface area contributed by atoms with Crippen LogP contribution in [0.3, 0.4) is 0 Å². The van der Waals surface area contributed by atoms with Gasteiger partial charge in [-0.2, -0.15) is 0 Å². The Kier molecular flexibility index (Phi) is 4.65. The van der Waals surface area contributed by atoms with Gasteiger partial charge in [-0.25, -0.2) is 9.78 Å². The molecule has 1 aromatic heterocycles. The van der Waals surface area contributed by atoms with Crippen LogP contribution in [0.25, 0.3) is 10.9 Å². The van der Waals surface area contributed by atoms with E-state index in [0.717, 1.165) is 10.9 Å². The van der Waals surface area contributed by atoms with Gasteiger partial charge in [-0.05, 0) is 19.1 Å². The molecule has 2 aromatic rings. The minimum absolute atomic E-state index is 0.301. The first-order valence-corrected chi connectivity index (χ1v) is 6.33. The van der Waals surface area contributed by atoms with Crippen molar-refractivity contribution in [1.29, 1.82) is 0 Å². The molecular weight excluding hydrogens is 258 g/mol. The molecule has 0 aliphatic carbocycles. The molecule has 0 amide bonds. The molecule has 0 aliphatic rings. The van der Waals surface area contributed by atoms with Crippen molar-refractivity contribution in [1.82, 2.24) is 4.98 Å². The molecule has 0 bridgehead atoms. The largest absolute Gasteiger partial charge is 0.462 e. The minimum Gasteiger partial charge on any atom is -0.462 e. The van der Waals surface area contributed by atoms with Gasteiger partial charge in [0, 0.05) is 19.6 Å². The first-order chi connectivity index (χ1) is 9.71. The fourth-order valence-corrected chi connectivity index (χ4v) is 2.00. The molecule has 1 heterocycles. The number of esters is 1. The molecule has 1 aromatic carbocycles. The highest BCUT2D eigenvalue weighted by Gasteiger charge is 2.22. The molecule has 0 saturated carbocycles. The van der Waals surface area contributed by atoms with Crippen LogP contribution in [0, 0.1) is 0 Å². The summed E-state index contributed by atoms with van der Waals surface area (Å²) in [6.45, 7) is 2.06. The normalized spacial score (nSPS) is 11.0. The van der Waals surface area contributed by atoms with Gasteiger partial charge in [-0.1, -0.05) is 18.2 Å². The maximum Gasteiger partial charge on any atom is 0.340 e. The lowest BCUT2D eigenvalue weighted by Gasteiger charge is -2.16. The standard InChI is InChI=1S/C15H17NO4/c1-4-20-14(17)11-9-10-7-5-6-8-12(10)16-13(11)15(18-2)19-3/h5-9,15H,4H2,1-3H3. The summed E-state index contributed by atoms with van der Waals surface area (Å²) in [6.07, 6.45) is -0.709. The topological polar surface area (TPSA) is 57.7 Å². The number of rotatable bonds is 5. The third-order valence-electron chi connectivity index (χ3n) is 2.90. The third-order valence-corrected chi connectivity index (χ3v) is 2.90. The fourth-order valence-electron chi connectivity index (χ4n) is 2.00. The predicted molar refractivity (Wildman–Crippen MR) is 74.5 cm³/mol. The zero-order chi connectivity index (χ0) is 14.5. The molecule has 0 aliphatic heterocycles. The number of hydrogen-bond acceptors (Lipinski definition) is 5. The highest BCUT2D eigenvalue weighted by atomic mass is 16.7. The Morgan fingerprint density at radius 2 is 1.95 bits per heavy atom. The average Bonchev–Trinajstić information content (AvgIpc) is 2.48. The smallest absolute Gasteiger partial charge is 0.340 e. The Bertz CT molecular complexity index is 608. The van der Waals surface area contributed by atoms with Gasteiger partial charge in [0.1, 0.15) is 5.69 Å². The van der Waals surface area contributed by atoms with Crippen LogP contribution in [-0.4, -0.2) is 31.8 Å². The van der Waals surface area contributed by atoms with Crippen molar-refractivity contribution in [2.45, 2.75) is 13.2 Å². The molecule has 20 heavy (non-hydrogen) atoms. The van der Waals surface area contributed by atoms with Crippen LogP contribution in [-0.2, 0) is 14.2 Å². The van der Waals surface area contributed by atoms with Gasteiger partial charge in [0.15, 0.2) is 0 Å². The van der Waals surface area contributed by atoms with Crippen molar-refractivity contribution < 1.29 is 19.0 Å². The summed E-state index contributed by atoms with van der Waals surface area (Å²) in [7, 11) is 3.00. The van der Waals surface area contributed by atoms with E-state index < -0.39 is 12.3 Å². The summed E-state index contributed by atoms with van der Waals surface area (Å²) >= 11 is 0. The van der Waals surface area contributed by atoms with E-state index in [9.17, 15) is 4.79 Å². The first-order valence-electron chi connectivity index (χ1n) is 6.33. The number of ether oxygens (including phenoxy) is 3. The highest BCUT2D eigenvalue weighted by Crippen LogP contribution is 2.24. The Morgan fingerprint density at radius 1 is 1.25 bits per heavy atom. The van der Waals surface area contributed by atoms with E-state index in [1.54, 1.807) is 13.0 Å². The Hall–Kier alpha value is -1.98. The first kappa shape index (κ1) is 14.4. The molecule has 0 fully saturated rings. The summed E-state index contributed by atoms with van der Waals surface area (Å²) in [5.74, 6) is -0.431. The van der Waals surface area contributed by atoms with Crippen molar-refractivity contribution in [3.05, 3.63) is 41.6 Å². The molecule has 5 nitrogen and oxygen atoms in total. The summed E-state index contributed by atoms with van der Waals surface area (Å²) in [4.78, 5) is 16.5. The number of aromatic nitrogens is 1. The van der Waals surface area contributed by atoms with E-state index in [0.29, 0.717) is 17.9 Å². The second kappa shape index (κ2) is 6.45. The molecule has 0 spiro atoms. The molecule has 106 valence electrons. The van der Waals surface area contributed by atoms with Crippen LogP contribution in [0.2, 0.25) is 0 Å². The van der Waals surface area contributed by atoms with E-state index in [-0.39, 0.29) is 0 Å². The average molecular weight is 275 g/mol. The molecule has 2 rings (SSSR count). The van der Waals surface area contributed by atoms with Crippen LogP contribution < -0.4 is 0 Å². The van der Waals surface area contributed by atoms with Crippen LogP contribution in [0.15, 0.2) is 30.3 Å². The van der Waals surface area contributed by atoms with E-state index in [1.807, 2.05) is 24.3 Å². The van der Waals surface area contributed by atoms with Crippen molar-refractivity contribution in [3.63, 3.8) is 0 Å². The van der Waals surface area contributed by atoms with Crippen molar-refractivity contribution in [2.24, 2.45) is 0 Å². The number of nitrogens with zero attached hydrogens (tertiary/aromatic N) is 1. The Labute approximate surface area is 117 Å². The lowest BCUT2D eigenvalue weighted by Crippen LogP contribution is -2.15. The van der Waals surface area contributed by atoms with Gasteiger partial charge in [0.05, 0.1) is 17.7 Å². The molecule has 0 radical (unpaired) electrons. The van der Waals surface area contributed by atoms with E-state index in [2.05, 4.69) is 4.98 Å². The lowest BCUT2D eigenvalue weighted by molar-refractivity contribution is -0.108. The molecular formula is C15H17NO4. The number of fused-ring (bicyclic) bond motifs is 1. The van der Waals surface area contributed by atoms with Crippen molar-refractivity contribution >= 4 is 16.9 Å². The molecule has 5 heteroatoms. The quantitative estimate of drug-likeness (QED) is 0.620. The number of benzene rings is 1. The summed E-state index contributed by atoms with van der Waals surface area (Å²) in [6, 6.07) is 9.29. The summed E-state index contributed by atoms with van der Waals surface area (Å²) in [5, 5.41) is 0.866. The minimum atomic E-state index is -0.709.